The second kappa shape index (κ2) is 4.47. The Morgan fingerprint density at radius 3 is 2.58 bits per heavy atom. The zero-order valence-corrected chi connectivity index (χ0v) is 11.5. The zero-order chi connectivity index (χ0) is 12.8. The molecule has 0 aromatic heterocycles. The van der Waals surface area contributed by atoms with Gasteiger partial charge in [0.15, 0.2) is 0 Å². The number of hydrogen-bond acceptors (Lipinski definition) is 1. The molecular weight excluding hydrogens is 232 g/mol. The maximum Gasteiger partial charge on any atom is 0.139 e. The minimum absolute atomic E-state index is 0.319. The molecule has 3 aliphatic rings. The summed E-state index contributed by atoms with van der Waals surface area (Å²) in [5.74, 6) is 2.99. The van der Waals surface area contributed by atoms with Crippen LogP contribution in [0.2, 0.25) is 0 Å². The largest absolute Gasteiger partial charge is 0.299 e. The molecule has 0 radical (unpaired) electrons. The number of carbonyl (C=O) groups is 1. The molecule has 0 saturated heterocycles. The van der Waals surface area contributed by atoms with Gasteiger partial charge in [-0.3, -0.25) is 4.79 Å². The third-order valence-electron chi connectivity index (χ3n) is 5.85. The van der Waals surface area contributed by atoms with E-state index in [0.717, 1.165) is 31.1 Å². The molecule has 4 unspecified atom stereocenters. The van der Waals surface area contributed by atoms with Crippen LogP contribution in [0.4, 0.5) is 0 Å². The van der Waals surface area contributed by atoms with E-state index in [-0.39, 0.29) is 0 Å². The van der Waals surface area contributed by atoms with Gasteiger partial charge in [0.05, 0.1) is 0 Å². The molecule has 1 aromatic carbocycles. The molecule has 3 aliphatic carbocycles. The lowest BCUT2D eigenvalue weighted by atomic mass is 9.74. The van der Waals surface area contributed by atoms with Crippen LogP contribution in [0.5, 0.6) is 0 Å². The first-order chi connectivity index (χ1) is 9.31. The number of aryl methyl sites for hydroxylation is 1. The number of fused-ring (bicyclic) bond motifs is 3. The minimum atomic E-state index is 0.319. The maximum atomic E-state index is 12.8. The van der Waals surface area contributed by atoms with Crippen LogP contribution in [-0.4, -0.2) is 5.78 Å². The van der Waals surface area contributed by atoms with Crippen LogP contribution >= 0.6 is 0 Å². The van der Waals surface area contributed by atoms with Crippen molar-refractivity contribution in [3.05, 3.63) is 35.4 Å². The quantitative estimate of drug-likeness (QED) is 0.784. The van der Waals surface area contributed by atoms with Crippen molar-refractivity contribution in [2.24, 2.45) is 23.7 Å². The van der Waals surface area contributed by atoms with E-state index < -0.39 is 0 Å². The Kier molecular flexibility index (Phi) is 2.75. The summed E-state index contributed by atoms with van der Waals surface area (Å²) in [6.07, 6.45) is 8.47. The molecule has 2 fully saturated rings. The van der Waals surface area contributed by atoms with Crippen LogP contribution in [0.15, 0.2) is 24.3 Å². The molecule has 2 bridgehead atoms. The molecule has 0 heterocycles. The first-order valence-corrected chi connectivity index (χ1v) is 7.92. The number of ketones is 1. The van der Waals surface area contributed by atoms with Gasteiger partial charge in [0.25, 0.3) is 0 Å². The third kappa shape index (κ3) is 1.94. The molecule has 0 amide bonds. The lowest BCUT2D eigenvalue weighted by molar-refractivity contribution is -0.128. The summed E-state index contributed by atoms with van der Waals surface area (Å²) in [5, 5.41) is 0. The topological polar surface area (TPSA) is 17.1 Å². The fourth-order valence-corrected chi connectivity index (χ4v) is 4.84. The van der Waals surface area contributed by atoms with Gasteiger partial charge in [-0.05, 0) is 61.5 Å². The minimum Gasteiger partial charge on any atom is -0.299 e. The van der Waals surface area contributed by atoms with Gasteiger partial charge in [-0.2, -0.15) is 0 Å². The molecule has 0 spiro atoms. The number of hydrogen-bond donors (Lipinski definition) is 0. The molecule has 100 valence electrons. The zero-order valence-electron chi connectivity index (χ0n) is 11.5. The van der Waals surface area contributed by atoms with Crippen LogP contribution in [0.3, 0.4) is 0 Å². The Hall–Kier alpha value is -1.11. The molecule has 0 aliphatic heterocycles. The van der Waals surface area contributed by atoms with Gasteiger partial charge in [-0.15, -0.1) is 0 Å². The molecule has 4 atom stereocenters. The first-order valence-electron chi connectivity index (χ1n) is 7.92. The Balaban J connectivity index is 1.50. The van der Waals surface area contributed by atoms with E-state index in [1.54, 1.807) is 0 Å². The summed E-state index contributed by atoms with van der Waals surface area (Å²) in [7, 11) is 0. The highest BCUT2D eigenvalue weighted by molar-refractivity contribution is 5.84. The van der Waals surface area contributed by atoms with E-state index in [0.29, 0.717) is 17.6 Å². The van der Waals surface area contributed by atoms with E-state index in [4.69, 9.17) is 0 Å². The number of Topliss-reactive ketones (excluding diaryl/α,β-unsaturated/α-hetero) is 1. The summed E-state index contributed by atoms with van der Waals surface area (Å²) >= 11 is 0. The van der Waals surface area contributed by atoms with Crippen LogP contribution in [0.25, 0.3) is 0 Å². The van der Waals surface area contributed by atoms with Crippen molar-refractivity contribution in [1.29, 1.82) is 0 Å². The van der Waals surface area contributed by atoms with Crippen LogP contribution in [0.1, 0.15) is 43.2 Å². The molecule has 1 heteroatoms. The third-order valence-corrected chi connectivity index (χ3v) is 5.85. The van der Waals surface area contributed by atoms with Gasteiger partial charge >= 0.3 is 0 Å². The van der Waals surface area contributed by atoms with Crippen molar-refractivity contribution >= 4 is 5.78 Å². The van der Waals surface area contributed by atoms with Crippen molar-refractivity contribution in [2.45, 2.75) is 44.9 Å². The number of rotatable bonds is 2. The van der Waals surface area contributed by atoms with Crippen molar-refractivity contribution in [2.75, 3.05) is 0 Å². The van der Waals surface area contributed by atoms with E-state index >= 15 is 0 Å². The highest BCUT2D eigenvalue weighted by atomic mass is 16.1. The Bertz CT molecular complexity index is 504. The Morgan fingerprint density at radius 1 is 1.00 bits per heavy atom. The Morgan fingerprint density at radius 2 is 1.84 bits per heavy atom. The fourth-order valence-electron chi connectivity index (χ4n) is 4.84. The van der Waals surface area contributed by atoms with E-state index in [9.17, 15) is 4.79 Å². The summed E-state index contributed by atoms with van der Waals surface area (Å²) in [6, 6.07) is 8.68. The van der Waals surface area contributed by atoms with Crippen molar-refractivity contribution < 1.29 is 4.79 Å². The lowest BCUT2D eigenvalue weighted by Gasteiger charge is -2.29. The average molecular weight is 254 g/mol. The van der Waals surface area contributed by atoms with Gasteiger partial charge in [-0.25, -0.2) is 0 Å². The summed E-state index contributed by atoms with van der Waals surface area (Å²) < 4.78 is 0. The molecule has 1 aromatic rings. The van der Waals surface area contributed by atoms with Gasteiger partial charge < -0.3 is 0 Å². The van der Waals surface area contributed by atoms with Crippen LogP contribution in [-0.2, 0) is 17.6 Å². The standard InChI is InChI=1S/C18H22O/c19-18(17-10-12-5-6-15(17)9-12)16-8-7-13-3-1-2-4-14(13)11-16/h1-4,12,15-17H,5-11H2. The monoisotopic (exact) mass is 254 g/mol. The number of carbonyl (C=O) groups excluding carboxylic acids is 1. The van der Waals surface area contributed by atoms with Crippen molar-refractivity contribution in [3.63, 3.8) is 0 Å². The van der Waals surface area contributed by atoms with Crippen molar-refractivity contribution in [1.82, 2.24) is 0 Å². The molecule has 4 rings (SSSR count). The van der Waals surface area contributed by atoms with E-state index in [1.165, 1.54) is 36.8 Å². The Labute approximate surface area is 115 Å². The summed E-state index contributed by atoms with van der Waals surface area (Å²) in [5.41, 5.74) is 2.90. The average Bonchev–Trinajstić information content (AvgIpc) is 3.08. The summed E-state index contributed by atoms with van der Waals surface area (Å²) in [6.45, 7) is 0. The highest BCUT2D eigenvalue weighted by Gasteiger charge is 2.44. The maximum absolute atomic E-state index is 12.8. The van der Waals surface area contributed by atoms with E-state index in [2.05, 4.69) is 24.3 Å². The molecule has 1 nitrogen and oxygen atoms in total. The van der Waals surface area contributed by atoms with Crippen molar-refractivity contribution in [3.8, 4) is 0 Å². The second-order valence-corrected chi connectivity index (χ2v) is 6.89. The normalized spacial score (nSPS) is 36.2. The van der Waals surface area contributed by atoms with Gasteiger partial charge in [0, 0.05) is 11.8 Å². The molecule has 0 N–H and O–H groups in total. The molecule has 19 heavy (non-hydrogen) atoms. The first kappa shape index (κ1) is 11.7. The van der Waals surface area contributed by atoms with Crippen LogP contribution in [0, 0.1) is 23.7 Å². The van der Waals surface area contributed by atoms with Gasteiger partial charge in [-0.1, -0.05) is 30.7 Å². The highest BCUT2D eigenvalue weighted by Crippen LogP contribution is 2.49. The van der Waals surface area contributed by atoms with Gasteiger partial charge in [0.2, 0.25) is 0 Å². The smallest absolute Gasteiger partial charge is 0.139 e. The number of benzene rings is 1. The second-order valence-electron chi connectivity index (χ2n) is 6.89. The summed E-state index contributed by atoms with van der Waals surface area (Å²) in [4.78, 5) is 12.8. The predicted molar refractivity (Wildman–Crippen MR) is 75.9 cm³/mol. The van der Waals surface area contributed by atoms with E-state index in [1.807, 2.05) is 0 Å². The molecular formula is C18H22O. The SMILES string of the molecule is O=C(C1CCc2ccccc2C1)C1CC2CCC1C2. The lowest BCUT2D eigenvalue weighted by Crippen LogP contribution is -2.31. The fraction of sp³-hybridized carbons (Fsp3) is 0.611. The predicted octanol–water partition coefficient (Wildman–Crippen LogP) is 3.80. The van der Waals surface area contributed by atoms with Gasteiger partial charge in [0.1, 0.15) is 5.78 Å². The van der Waals surface area contributed by atoms with Crippen LogP contribution < -0.4 is 0 Å². The molecule has 2 saturated carbocycles.